The second-order valence-corrected chi connectivity index (χ2v) is 7.14. The summed E-state index contributed by atoms with van der Waals surface area (Å²) in [6, 6.07) is 7.92. The first-order valence-corrected chi connectivity index (χ1v) is 8.31. The van der Waals surface area contributed by atoms with Crippen LogP contribution in [0, 0.1) is 0 Å². The molecule has 1 atom stereocenters. The van der Waals surface area contributed by atoms with Crippen molar-refractivity contribution in [2.75, 3.05) is 0 Å². The third-order valence-corrected chi connectivity index (χ3v) is 5.59. The Kier molecular flexibility index (Phi) is 4.77. The van der Waals surface area contributed by atoms with Gasteiger partial charge in [0.15, 0.2) is 0 Å². The van der Waals surface area contributed by atoms with Crippen LogP contribution in [-0.4, -0.2) is 30.8 Å². The molecule has 110 valence electrons. The molecule has 0 saturated heterocycles. The predicted molar refractivity (Wildman–Crippen MR) is 75.9 cm³/mol. The van der Waals surface area contributed by atoms with Gasteiger partial charge in [0, 0.05) is 0 Å². The number of carboxylic acid groups (broad SMARTS) is 1. The Morgan fingerprint density at radius 2 is 1.85 bits per heavy atom. The Morgan fingerprint density at radius 1 is 1.25 bits per heavy atom. The van der Waals surface area contributed by atoms with Crippen molar-refractivity contribution in [2.45, 2.75) is 43.4 Å². The lowest BCUT2D eigenvalue weighted by Gasteiger charge is -2.18. The summed E-state index contributed by atoms with van der Waals surface area (Å²) >= 11 is 0. The molecule has 0 aromatic heterocycles. The van der Waals surface area contributed by atoms with Crippen LogP contribution in [0.1, 0.15) is 31.2 Å². The van der Waals surface area contributed by atoms with E-state index in [4.69, 9.17) is 0 Å². The highest BCUT2D eigenvalue weighted by molar-refractivity contribution is 7.90. The number of aliphatic carboxylic acids is 1. The summed E-state index contributed by atoms with van der Waals surface area (Å²) in [6.45, 7) is 0. The molecule has 0 aliphatic heterocycles. The molecule has 1 aromatic rings. The fraction of sp³-hybridized carbons (Fsp3) is 0.500. The highest BCUT2D eigenvalue weighted by atomic mass is 32.2. The molecule has 5 nitrogen and oxygen atoms in total. The van der Waals surface area contributed by atoms with Crippen LogP contribution in [0.4, 0.5) is 0 Å². The fourth-order valence-electron chi connectivity index (χ4n) is 2.52. The van der Waals surface area contributed by atoms with Gasteiger partial charge in [-0.3, -0.25) is 4.79 Å². The topological polar surface area (TPSA) is 83.5 Å². The first-order chi connectivity index (χ1) is 9.49. The van der Waals surface area contributed by atoms with Crippen molar-refractivity contribution in [1.82, 2.24) is 4.72 Å². The molecule has 1 aromatic carbocycles. The molecule has 2 rings (SSSR count). The number of hydrogen-bond acceptors (Lipinski definition) is 3. The maximum atomic E-state index is 12.2. The van der Waals surface area contributed by atoms with E-state index in [-0.39, 0.29) is 6.42 Å². The number of nitrogens with one attached hydrogen (secondary N) is 1. The molecule has 0 amide bonds. The Labute approximate surface area is 119 Å². The Balaban J connectivity index is 2.08. The van der Waals surface area contributed by atoms with E-state index in [9.17, 15) is 18.3 Å². The predicted octanol–water partition coefficient (Wildman–Crippen LogP) is 1.54. The molecule has 0 heterocycles. The van der Waals surface area contributed by atoms with Gasteiger partial charge in [-0.2, -0.15) is 0 Å². The molecular formula is C14H19NO4S. The zero-order valence-corrected chi connectivity index (χ0v) is 12.0. The normalized spacial score (nSPS) is 18.0. The number of carboxylic acids is 1. The number of hydrogen-bond donors (Lipinski definition) is 2. The zero-order valence-electron chi connectivity index (χ0n) is 11.2. The number of carbonyl (C=O) groups is 1. The van der Waals surface area contributed by atoms with Crippen LogP contribution in [0.2, 0.25) is 0 Å². The van der Waals surface area contributed by atoms with Crippen molar-refractivity contribution in [2.24, 2.45) is 0 Å². The van der Waals surface area contributed by atoms with Gasteiger partial charge in [0.25, 0.3) is 0 Å². The summed E-state index contributed by atoms with van der Waals surface area (Å²) in [5, 5.41) is 8.77. The average molecular weight is 297 g/mol. The first kappa shape index (κ1) is 15.0. The van der Waals surface area contributed by atoms with Gasteiger partial charge in [0.05, 0.1) is 5.25 Å². The SMILES string of the molecule is O=C(O)[C@@H](Cc1ccccc1)NS(=O)(=O)C1CCCC1. The minimum absolute atomic E-state index is 0.155. The number of sulfonamides is 1. The molecule has 1 aliphatic rings. The van der Waals surface area contributed by atoms with Crippen LogP contribution in [-0.2, 0) is 21.2 Å². The third-order valence-electron chi connectivity index (χ3n) is 3.63. The Bertz CT molecular complexity index is 550. The lowest BCUT2D eigenvalue weighted by Crippen LogP contribution is -2.45. The van der Waals surface area contributed by atoms with E-state index in [0.29, 0.717) is 12.8 Å². The van der Waals surface area contributed by atoms with E-state index in [1.54, 1.807) is 24.3 Å². The van der Waals surface area contributed by atoms with Gasteiger partial charge in [-0.15, -0.1) is 0 Å². The van der Waals surface area contributed by atoms with Crippen LogP contribution in [0.15, 0.2) is 30.3 Å². The molecule has 0 radical (unpaired) electrons. The molecule has 0 bridgehead atoms. The van der Waals surface area contributed by atoms with Crippen LogP contribution in [0.25, 0.3) is 0 Å². The second kappa shape index (κ2) is 6.37. The Hall–Kier alpha value is -1.40. The summed E-state index contributed by atoms with van der Waals surface area (Å²) in [6.07, 6.45) is 3.17. The highest BCUT2D eigenvalue weighted by Gasteiger charge is 2.32. The van der Waals surface area contributed by atoms with E-state index < -0.39 is 27.3 Å². The highest BCUT2D eigenvalue weighted by Crippen LogP contribution is 2.24. The smallest absolute Gasteiger partial charge is 0.322 e. The summed E-state index contributed by atoms with van der Waals surface area (Å²) in [4.78, 5) is 11.3. The molecule has 1 saturated carbocycles. The fourth-order valence-corrected chi connectivity index (χ4v) is 4.25. The molecule has 1 fully saturated rings. The molecular weight excluding hydrogens is 278 g/mol. The standard InChI is InChI=1S/C14H19NO4S/c16-14(17)13(10-11-6-2-1-3-7-11)15-20(18,19)12-8-4-5-9-12/h1-3,6-7,12-13,15H,4-5,8-10H2,(H,16,17)/t13-/m1/s1. The Morgan fingerprint density at radius 3 is 2.40 bits per heavy atom. The molecule has 6 heteroatoms. The monoisotopic (exact) mass is 297 g/mol. The van der Waals surface area contributed by atoms with Crippen LogP contribution >= 0.6 is 0 Å². The van der Waals surface area contributed by atoms with Gasteiger partial charge in [-0.25, -0.2) is 13.1 Å². The van der Waals surface area contributed by atoms with E-state index in [1.165, 1.54) is 0 Å². The summed E-state index contributed by atoms with van der Waals surface area (Å²) in [5.74, 6) is -1.14. The average Bonchev–Trinajstić information content (AvgIpc) is 2.93. The van der Waals surface area contributed by atoms with Gasteiger partial charge < -0.3 is 5.11 Å². The van der Waals surface area contributed by atoms with Gasteiger partial charge in [-0.05, 0) is 24.8 Å². The molecule has 1 aliphatic carbocycles. The van der Waals surface area contributed by atoms with Crippen molar-refractivity contribution in [3.63, 3.8) is 0 Å². The summed E-state index contributed by atoms with van der Waals surface area (Å²) in [7, 11) is -3.56. The minimum Gasteiger partial charge on any atom is -0.480 e. The lowest BCUT2D eigenvalue weighted by molar-refractivity contribution is -0.138. The van der Waals surface area contributed by atoms with E-state index in [1.807, 2.05) is 6.07 Å². The van der Waals surface area contributed by atoms with Crippen molar-refractivity contribution in [1.29, 1.82) is 0 Å². The van der Waals surface area contributed by atoms with Crippen LogP contribution in [0.5, 0.6) is 0 Å². The van der Waals surface area contributed by atoms with Crippen molar-refractivity contribution in [3.05, 3.63) is 35.9 Å². The molecule has 0 spiro atoms. The number of rotatable bonds is 6. The zero-order chi connectivity index (χ0) is 14.6. The maximum absolute atomic E-state index is 12.2. The van der Waals surface area contributed by atoms with E-state index in [2.05, 4.69) is 4.72 Å². The maximum Gasteiger partial charge on any atom is 0.322 e. The molecule has 0 unspecified atom stereocenters. The van der Waals surface area contributed by atoms with Crippen molar-refractivity contribution >= 4 is 16.0 Å². The van der Waals surface area contributed by atoms with Gasteiger partial charge in [-0.1, -0.05) is 43.2 Å². The molecule has 20 heavy (non-hydrogen) atoms. The van der Waals surface area contributed by atoms with Crippen molar-refractivity contribution in [3.8, 4) is 0 Å². The van der Waals surface area contributed by atoms with Gasteiger partial charge in [0.2, 0.25) is 10.0 Å². The second-order valence-electron chi connectivity index (χ2n) is 5.15. The van der Waals surface area contributed by atoms with Crippen LogP contribution < -0.4 is 4.72 Å². The van der Waals surface area contributed by atoms with E-state index in [0.717, 1.165) is 18.4 Å². The third kappa shape index (κ3) is 3.80. The van der Waals surface area contributed by atoms with E-state index >= 15 is 0 Å². The first-order valence-electron chi connectivity index (χ1n) is 6.77. The minimum atomic E-state index is -3.56. The number of benzene rings is 1. The lowest BCUT2D eigenvalue weighted by atomic mass is 10.1. The summed E-state index contributed by atoms with van der Waals surface area (Å²) in [5.41, 5.74) is 0.800. The largest absolute Gasteiger partial charge is 0.480 e. The van der Waals surface area contributed by atoms with Gasteiger partial charge >= 0.3 is 5.97 Å². The summed E-state index contributed by atoms with van der Waals surface area (Å²) < 4.78 is 26.7. The van der Waals surface area contributed by atoms with Crippen molar-refractivity contribution < 1.29 is 18.3 Å². The quantitative estimate of drug-likeness (QED) is 0.834. The van der Waals surface area contributed by atoms with Gasteiger partial charge in [0.1, 0.15) is 6.04 Å². The molecule has 2 N–H and O–H groups in total. The van der Waals surface area contributed by atoms with Crippen LogP contribution in [0.3, 0.4) is 0 Å².